The summed E-state index contributed by atoms with van der Waals surface area (Å²) in [6.07, 6.45) is 6.17. The minimum atomic E-state index is -0.516. The Hall–Kier alpha value is -1.26. The molecule has 20 heavy (non-hydrogen) atoms. The fourth-order valence-electron chi connectivity index (χ4n) is 3.00. The molecule has 5 heteroatoms. The van der Waals surface area contributed by atoms with Crippen molar-refractivity contribution in [1.82, 2.24) is 0 Å². The summed E-state index contributed by atoms with van der Waals surface area (Å²) in [6, 6.07) is 5.47. The van der Waals surface area contributed by atoms with E-state index in [0.717, 1.165) is 0 Å². The normalized spacial score (nSPS) is 17.7. The molecule has 0 radical (unpaired) electrons. The zero-order valence-electron chi connectivity index (χ0n) is 11.6. The summed E-state index contributed by atoms with van der Waals surface area (Å²) >= 11 is 6.06. The van der Waals surface area contributed by atoms with Gasteiger partial charge in [-0.2, -0.15) is 0 Å². The molecule has 0 bridgehead atoms. The lowest BCUT2D eigenvalue weighted by Crippen LogP contribution is -2.38. The number of hydrogen-bond acceptors (Lipinski definition) is 3. The second-order valence-electron chi connectivity index (χ2n) is 5.41. The predicted octanol–water partition coefficient (Wildman–Crippen LogP) is 2.76. The lowest BCUT2D eigenvalue weighted by molar-refractivity contribution is 0.100. The van der Waals surface area contributed by atoms with Crippen LogP contribution in [0.15, 0.2) is 18.2 Å². The first-order valence-corrected chi connectivity index (χ1v) is 7.56. The van der Waals surface area contributed by atoms with Crippen molar-refractivity contribution < 1.29 is 4.79 Å². The van der Waals surface area contributed by atoms with Gasteiger partial charge in [0, 0.05) is 18.3 Å². The third-order valence-electron chi connectivity index (χ3n) is 4.07. The van der Waals surface area contributed by atoms with Gasteiger partial charge in [0.05, 0.1) is 10.6 Å². The third-order valence-corrected chi connectivity index (χ3v) is 4.39. The van der Waals surface area contributed by atoms with Crippen molar-refractivity contribution in [2.45, 2.75) is 38.1 Å². The molecule has 0 spiro atoms. The number of amides is 1. The van der Waals surface area contributed by atoms with Gasteiger partial charge in [-0.15, -0.1) is 0 Å². The smallest absolute Gasteiger partial charge is 0.252 e. The van der Waals surface area contributed by atoms with Gasteiger partial charge in [-0.1, -0.05) is 36.9 Å². The summed E-state index contributed by atoms with van der Waals surface area (Å²) in [4.78, 5) is 11.6. The van der Waals surface area contributed by atoms with Crippen LogP contribution in [-0.4, -0.2) is 18.5 Å². The van der Waals surface area contributed by atoms with Crippen LogP contribution in [-0.2, 0) is 0 Å². The number of hydrogen-bond donors (Lipinski definition) is 3. The van der Waals surface area contributed by atoms with Crippen molar-refractivity contribution in [3.05, 3.63) is 28.8 Å². The number of halogens is 1. The van der Waals surface area contributed by atoms with Gasteiger partial charge in [0.1, 0.15) is 0 Å². The number of carbonyl (C=O) groups excluding carboxylic acids is 1. The first-order chi connectivity index (χ1) is 9.63. The van der Waals surface area contributed by atoms with Gasteiger partial charge in [0.15, 0.2) is 0 Å². The van der Waals surface area contributed by atoms with Gasteiger partial charge in [-0.25, -0.2) is 0 Å². The van der Waals surface area contributed by atoms with Crippen molar-refractivity contribution in [3.63, 3.8) is 0 Å². The van der Waals surface area contributed by atoms with Crippen molar-refractivity contribution in [2.24, 2.45) is 17.4 Å². The number of nitrogens with one attached hydrogen (secondary N) is 1. The molecule has 2 rings (SSSR count). The third kappa shape index (κ3) is 3.44. The highest BCUT2D eigenvalue weighted by Gasteiger charge is 2.24. The Balaban J connectivity index is 2.18. The molecule has 1 aromatic rings. The first kappa shape index (κ1) is 15.1. The van der Waals surface area contributed by atoms with Crippen LogP contribution < -0.4 is 16.8 Å². The van der Waals surface area contributed by atoms with Gasteiger partial charge in [0.25, 0.3) is 5.91 Å². The van der Waals surface area contributed by atoms with E-state index in [0.29, 0.717) is 28.7 Å². The van der Waals surface area contributed by atoms with E-state index in [1.165, 1.54) is 32.1 Å². The number of anilines is 1. The molecule has 1 fully saturated rings. The van der Waals surface area contributed by atoms with Crippen LogP contribution in [0.2, 0.25) is 5.02 Å². The van der Waals surface area contributed by atoms with E-state index in [2.05, 4.69) is 5.32 Å². The second-order valence-corrected chi connectivity index (χ2v) is 5.82. The van der Waals surface area contributed by atoms with Crippen molar-refractivity contribution in [2.75, 3.05) is 11.9 Å². The van der Waals surface area contributed by atoms with E-state index in [1.807, 2.05) is 12.1 Å². The molecular weight excluding hydrogens is 274 g/mol. The highest BCUT2D eigenvalue weighted by molar-refractivity contribution is 6.34. The summed E-state index contributed by atoms with van der Waals surface area (Å²) in [5, 5.41) is 3.76. The predicted molar refractivity (Wildman–Crippen MR) is 83.0 cm³/mol. The number of primary amides is 1. The van der Waals surface area contributed by atoms with E-state index in [9.17, 15) is 4.79 Å². The van der Waals surface area contributed by atoms with E-state index in [1.54, 1.807) is 6.07 Å². The molecule has 0 saturated heterocycles. The average molecular weight is 296 g/mol. The fraction of sp³-hybridized carbons (Fsp3) is 0.533. The quantitative estimate of drug-likeness (QED) is 0.781. The molecule has 0 aromatic heterocycles. The summed E-state index contributed by atoms with van der Waals surface area (Å²) in [5.41, 5.74) is 12.4. The van der Waals surface area contributed by atoms with Crippen LogP contribution in [0, 0.1) is 5.92 Å². The summed E-state index contributed by atoms with van der Waals surface area (Å²) in [5.74, 6) is 0.0333. The standard InChI is InChI=1S/C15H22ClN3O/c16-11-7-4-8-12(14(11)15(18)20)19-13(9-17)10-5-2-1-3-6-10/h4,7-8,10,13,19H,1-3,5-6,9,17H2,(H2,18,20). The summed E-state index contributed by atoms with van der Waals surface area (Å²) < 4.78 is 0. The van der Waals surface area contributed by atoms with Crippen molar-refractivity contribution >= 4 is 23.2 Å². The minimum absolute atomic E-state index is 0.159. The Morgan fingerprint density at radius 3 is 2.65 bits per heavy atom. The molecule has 0 heterocycles. The molecule has 110 valence electrons. The number of nitrogens with two attached hydrogens (primary N) is 2. The van der Waals surface area contributed by atoms with Crippen LogP contribution in [0.5, 0.6) is 0 Å². The Labute approximate surface area is 124 Å². The van der Waals surface area contributed by atoms with Gasteiger partial charge in [0.2, 0.25) is 0 Å². The minimum Gasteiger partial charge on any atom is -0.380 e. The Morgan fingerprint density at radius 2 is 2.05 bits per heavy atom. The zero-order chi connectivity index (χ0) is 14.5. The molecule has 4 nitrogen and oxygen atoms in total. The van der Waals surface area contributed by atoms with Gasteiger partial charge in [-0.3, -0.25) is 4.79 Å². The SMILES string of the molecule is NCC(Nc1cccc(Cl)c1C(N)=O)C1CCCCC1. The Bertz CT molecular complexity index is 472. The van der Waals surface area contributed by atoms with Gasteiger partial charge in [-0.05, 0) is 30.9 Å². The van der Waals surface area contributed by atoms with Crippen LogP contribution >= 0.6 is 11.6 Å². The number of rotatable bonds is 5. The van der Waals surface area contributed by atoms with E-state index < -0.39 is 5.91 Å². The van der Waals surface area contributed by atoms with E-state index in [-0.39, 0.29) is 6.04 Å². The maximum Gasteiger partial charge on any atom is 0.252 e. The van der Waals surface area contributed by atoms with Crippen LogP contribution in [0.4, 0.5) is 5.69 Å². The molecule has 1 aliphatic rings. The molecule has 0 aliphatic heterocycles. The number of carbonyl (C=O) groups is 1. The first-order valence-electron chi connectivity index (χ1n) is 7.18. The molecule has 1 aliphatic carbocycles. The highest BCUT2D eigenvalue weighted by atomic mass is 35.5. The molecular formula is C15H22ClN3O. The van der Waals surface area contributed by atoms with Crippen molar-refractivity contribution in [3.8, 4) is 0 Å². The Kier molecular flexibility index (Phi) is 5.26. The van der Waals surface area contributed by atoms with Crippen LogP contribution in [0.25, 0.3) is 0 Å². The molecule has 1 unspecified atom stereocenters. The van der Waals surface area contributed by atoms with Crippen LogP contribution in [0.1, 0.15) is 42.5 Å². The largest absolute Gasteiger partial charge is 0.380 e. The highest BCUT2D eigenvalue weighted by Crippen LogP contribution is 2.30. The summed E-state index contributed by atoms with van der Waals surface area (Å²) in [6.45, 7) is 0.537. The lowest BCUT2D eigenvalue weighted by atomic mass is 9.83. The maximum atomic E-state index is 11.6. The summed E-state index contributed by atoms with van der Waals surface area (Å²) in [7, 11) is 0. The fourth-order valence-corrected chi connectivity index (χ4v) is 3.27. The topological polar surface area (TPSA) is 81.1 Å². The molecule has 1 saturated carbocycles. The second kappa shape index (κ2) is 6.95. The molecule has 1 atom stereocenters. The van der Waals surface area contributed by atoms with E-state index in [4.69, 9.17) is 23.1 Å². The van der Waals surface area contributed by atoms with Crippen molar-refractivity contribution in [1.29, 1.82) is 0 Å². The van der Waals surface area contributed by atoms with E-state index >= 15 is 0 Å². The maximum absolute atomic E-state index is 11.6. The number of benzene rings is 1. The molecule has 1 amide bonds. The van der Waals surface area contributed by atoms with Gasteiger partial charge < -0.3 is 16.8 Å². The van der Waals surface area contributed by atoms with Gasteiger partial charge >= 0.3 is 0 Å². The zero-order valence-corrected chi connectivity index (χ0v) is 12.3. The Morgan fingerprint density at radius 1 is 1.35 bits per heavy atom. The average Bonchev–Trinajstić information content (AvgIpc) is 2.45. The monoisotopic (exact) mass is 295 g/mol. The molecule has 5 N–H and O–H groups in total. The lowest BCUT2D eigenvalue weighted by Gasteiger charge is -2.31. The van der Waals surface area contributed by atoms with Crippen LogP contribution in [0.3, 0.4) is 0 Å². The molecule has 1 aromatic carbocycles.